The second kappa shape index (κ2) is 14.4. The SMILES string of the molecule is CCOc1ccc([C@H]2C(C(=O)OC)=CN=c3s/c(=C/c4cc(Br)cc(OC)c4OCc4cccc(Cl)c4)c(=O)n32)cc1OCC. The number of hydrogen-bond donors (Lipinski definition) is 0. The number of rotatable bonds is 11. The molecule has 1 aliphatic rings. The number of carbonyl (C=O) groups excluding carboxylic acids is 1. The fourth-order valence-corrected chi connectivity index (χ4v) is 6.54. The predicted octanol–water partition coefficient (Wildman–Crippen LogP) is 5.82. The lowest BCUT2D eigenvalue weighted by atomic mass is 9.97. The molecule has 1 atom stereocenters. The average Bonchev–Trinajstić information content (AvgIpc) is 3.35. The summed E-state index contributed by atoms with van der Waals surface area (Å²) in [6.07, 6.45) is 3.18. The van der Waals surface area contributed by atoms with Crippen molar-refractivity contribution < 1.29 is 28.5 Å². The van der Waals surface area contributed by atoms with Crippen LogP contribution in [0.1, 0.15) is 36.6 Å². The molecule has 234 valence electrons. The molecule has 0 saturated carbocycles. The highest BCUT2D eigenvalue weighted by molar-refractivity contribution is 9.10. The number of thiazole rings is 1. The largest absolute Gasteiger partial charge is 0.493 e. The number of aromatic nitrogens is 1. The standard InChI is InChI=1S/C33H30BrClN2O7S/c1-5-42-25-11-10-20(14-26(25)43-6-2)29-24(32(39)41-4)17-36-33-37(29)31(38)28(45-33)15-21-13-22(34)16-27(40-3)30(21)44-18-19-8-7-9-23(35)12-19/h7-17,29H,5-6,18H2,1-4H3/b28-15+/t29-/m0/s1. The molecule has 0 amide bonds. The molecule has 0 radical (unpaired) electrons. The number of carbonyl (C=O) groups is 1. The van der Waals surface area contributed by atoms with Gasteiger partial charge in [-0.2, -0.15) is 0 Å². The molecule has 3 aromatic carbocycles. The minimum atomic E-state index is -0.818. The number of fused-ring (bicyclic) bond motifs is 1. The quantitative estimate of drug-likeness (QED) is 0.181. The van der Waals surface area contributed by atoms with Crippen molar-refractivity contribution in [2.45, 2.75) is 26.5 Å². The zero-order valence-corrected chi connectivity index (χ0v) is 28.1. The summed E-state index contributed by atoms with van der Waals surface area (Å²) in [7, 11) is 2.84. The van der Waals surface area contributed by atoms with Crippen LogP contribution in [0.2, 0.25) is 5.02 Å². The zero-order chi connectivity index (χ0) is 32.1. The monoisotopic (exact) mass is 712 g/mol. The van der Waals surface area contributed by atoms with E-state index in [9.17, 15) is 9.59 Å². The molecule has 1 aromatic heterocycles. The number of hydrogen-bond acceptors (Lipinski definition) is 9. The van der Waals surface area contributed by atoms with E-state index < -0.39 is 12.0 Å². The maximum absolute atomic E-state index is 14.2. The minimum Gasteiger partial charge on any atom is -0.493 e. The van der Waals surface area contributed by atoms with Gasteiger partial charge in [-0.15, -0.1) is 0 Å². The van der Waals surface area contributed by atoms with Crippen LogP contribution in [-0.4, -0.2) is 38.0 Å². The molecule has 1 aliphatic heterocycles. The first-order valence-electron chi connectivity index (χ1n) is 14.0. The van der Waals surface area contributed by atoms with Crippen molar-refractivity contribution in [1.29, 1.82) is 0 Å². The van der Waals surface area contributed by atoms with Crippen LogP contribution in [0.4, 0.5) is 0 Å². The summed E-state index contributed by atoms with van der Waals surface area (Å²) in [5.41, 5.74) is 1.98. The fraction of sp³-hybridized carbons (Fsp3) is 0.242. The molecule has 12 heteroatoms. The van der Waals surface area contributed by atoms with Gasteiger partial charge in [-0.3, -0.25) is 9.36 Å². The Labute approximate surface area is 277 Å². The molecule has 0 spiro atoms. The molecule has 0 saturated heterocycles. The highest BCUT2D eigenvalue weighted by Gasteiger charge is 2.31. The van der Waals surface area contributed by atoms with Crippen molar-refractivity contribution in [3.05, 3.63) is 112 Å². The summed E-state index contributed by atoms with van der Waals surface area (Å²) in [6, 6.07) is 15.5. The Morgan fingerprint density at radius 1 is 1.02 bits per heavy atom. The van der Waals surface area contributed by atoms with Crippen LogP contribution < -0.4 is 33.8 Å². The van der Waals surface area contributed by atoms with Gasteiger partial charge >= 0.3 is 5.97 Å². The summed E-state index contributed by atoms with van der Waals surface area (Å²) in [6.45, 7) is 4.84. The Morgan fingerprint density at radius 2 is 1.80 bits per heavy atom. The van der Waals surface area contributed by atoms with Gasteiger partial charge in [-0.1, -0.05) is 57.1 Å². The number of benzene rings is 3. The van der Waals surface area contributed by atoms with Crippen molar-refractivity contribution in [2.75, 3.05) is 27.4 Å². The molecule has 0 unspecified atom stereocenters. The summed E-state index contributed by atoms with van der Waals surface area (Å²) in [5.74, 6) is 1.40. The van der Waals surface area contributed by atoms with Gasteiger partial charge in [-0.25, -0.2) is 9.79 Å². The normalized spacial score (nSPS) is 14.2. The number of nitrogens with zero attached hydrogens (tertiary/aromatic N) is 2. The first kappa shape index (κ1) is 32.3. The van der Waals surface area contributed by atoms with E-state index in [0.717, 1.165) is 10.0 Å². The van der Waals surface area contributed by atoms with Crippen LogP contribution in [0.15, 0.2) is 80.6 Å². The number of esters is 1. The molecule has 4 aromatic rings. The Kier molecular flexibility index (Phi) is 10.3. The summed E-state index contributed by atoms with van der Waals surface area (Å²) in [4.78, 5) is 32.0. The second-order valence-electron chi connectivity index (χ2n) is 9.69. The Hall–Kier alpha value is -4.06. The smallest absolute Gasteiger partial charge is 0.337 e. The van der Waals surface area contributed by atoms with Crippen molar-refractivity contribution >= 4 is 50.9 Å². The van der Waals surface area contributed by atoms with Crippen LogP contribution in [0.5, 0.6) is 23.0 Å². The molecular formula is C33H30BrClN2O7S. The molecule has 45 heavy (non-hydrogen) atoms. The molecule has 2 heterocycles. The van der Waals surface area contributed by atoms with Gasteiger partial charge < -0.3 is 23.7 Å². The third kappa shape index (κ3) is 6.95. The fourth-order valence-electron chi connectivity index (χ4n) is 4.91. The molecule has 0 fully saturated rings. The molecule has 5 rings (SSSR count). The van der Waals surface area contributed by atoms with Crippen LogP contribution in [-0.2, 0) is 16.1 Å². The van der Waals surface area contributed by atoms with E-state index in [-0.39, 0.29) is 17.7 Å². The van der Waals surface area contributed by atoms with Gasteiger partial charge in [-0.05, 0) is 67.4 Å². The number of halogens is 2. The van der Waals surface area contributed by atoms with E-state index in [1.54, 1.807) is 43.5 Å². The van der Waals surface area contributed by atoms with Crippen LogP contribution in [0, 0.1) is 0 Å². The molecule has 9 nitrogen and oxygen atoms in total. The molecule has 0 N–H and O–H groups in total. The van der Waals surface area contributed by atoms with E-state index in [4.69, 9.17) is 35.3 Å². The minimum absolute atomic E-state index is 0.206. The Morgan fingerprint density at radius 3 is 2.51 bits per heavy atom. The Balaban J connectivity index is 1.64. The maximum atomic E-state index is 14.2. The zero-order valence-electron chi connectivity index (χ0n) is 25.0. The van der Waals surface area contributed by atoms with Gasteiger partial charge in [0.25, 0.3) is 5.56 Å². The van der Waals surface area contributed by atoms with Crippen LogP contribution >= 0.6 is 38.9 Å². The topological polar surface area (TPSA) is 97.6 Å². The van der Waals surface area contributed by atoms with Crippen molar-refractivity contribution in [1.82, 2.24) is 4.57 Å². The van der Waals surface area contributed by atoms with E-state index in [1.165, 1.54) is 29.2 Å². The first-order valence-corrected chi connectivity index (χ1v) is 16.0. The summed E-state index contributed by atoms with van der Waals surface area (Å²) >= 11 is 10.9. The first-order chi connectivity index (χ1) is 21.8. The van der Waals surface area contributed by atoms with Crippen molar-refractivity contribution in [3.63, 3.8) is 0 Å². The lowest BCUT2D eigenvalue weighted by Crippen LogP contribution is -2.39. The van der Waals surface area contributed by atoms with E-state index in [2.05, 4.69) is 20.9 Å². The Bertz CT molecular complexity index is 1950. The lowest BCUT2D eigenvalue weighted by molar-refractivity contribution is -0.136. The van der Waals surface area contributed by atoms with Crippen molar-refractivity contribution in [3.8, 4) is 23.0 Å². The van der Waals surface area contributed by atoms with Gasteiger partial charge in [0.1, 0.15) is 6.61 Å². The summed E-state index contributed by atoms with van der Waals surface area (Å²) in [5, 5.41) is 0.599. The third-order valence-electron chi connectivity index (χ3n) is 6.84. The van der Waals surface area contributed by atoms with Gasteiger partial charge in [0.05, 0.1) is 43.6 Å². The lowest BCUT2D eigenvalue weighted by Gasteiger charge is -2.23. The van der Waals surface area contributed by atoms with Gasteiger partial charge in [0.15, 0.2) is 27.8 Å². The maximum Gasteiger partial charge on any atom is 0.337 e. The van der Waals surface area contributed by atoms with E-state index in [1.807, 2.05) is 38.1 Å². The molecule has 0 aliphatic carbocycles. The highest BCUT2D eigenvalue weighted by atomic mass is 79.9. The molecular weight excluding hydrogens is 684 g/mol. The number of ether oxygens (including phenoxy) is 5. The number of methoxy groups -OCH3 is 2. The highest BCUT2D eigenvalue weighted by Crippen LogP contribution is 2.37. The van der Waals surface area contributed by atoms with Gasteiger partial charge in [0, 0.05) is 21.3 Å². The van der Waals surface area contributed by atoms with Crippen molar-refractivity contribution in [2.24, 2.45) is 4.99 Å². The second-order valence-corrected chi connectivity index (χ2v) is 12.1. The van der Waals surface area contributed by atoms with Crippen LogP contribution in [0.3, 0.4) is 0 Å². The van der Waals surface area contributed by atoms with Crippen LogP contribution in [0.25, 0.3) is 6.08 Å². The van der Waals surface area contributed by atoms with E-state index >= 15 is 0 Å². The molecule has 0 bridgehead atoms. The van der Waals surface area contributed by atoms with Gasteiger partial charge in [0.2, 0.25) is 0 Å². The average molecular weight is 714 g/mol. The third-order valence-corrected chi connectivity index (χ3v) is 8.53. The van der Waals surface area contributed by atoms with E-state index in [0.29, 0.717) is 61.7 Å². The predicted molar refractivity (Wildman–Crippen MR) is 176 cm³/mol. The summed E-state index contributed by atoms with van der Waals surface area (Å²) < 4.78 is 31.1.